The average molecular weight is 462 g/mol. The lowest BCUT2D eigenvalue weighted by Crippen LogP contribution is -2.12. The molecule has 0 saturated carbocycles. The number of rotatable bonds is 4. The predicted octanol–water partition coefficient (Wildman–Crippen LogP) is 9.88. The summed E-state index contributed by atoms with van der Waals surface area (Å²) in [6, 6.07) is 49.0. The predicted molar refractivity (Wildman–Crippen MR) is 151 cm³/mol. The van der Waals surface area contributed by atoms with Crippen molar-refractivity contribution in [1.82, 2.24) is 0 Å². The quantitative estimate of drug-likeness (QED) is 0.259. The van der Waals surface area contributed by atoms with Crippen molar-refractivity contribution in [3.63, 3.8) is 0 Å². The maximum Gasteiger partial charge on any atom is 0.137 e. The van der Waals surface area contributed by atoms with Gasteiger partial charge in [-0.15, -0.1) is 0 Å². The molecule has 0 aliphatic carbocycles. The van der Waals surface area contributed by atoms with Crippen LogP contribution in [0.3, 0.4) is 0 Å². The molecule has 0 fully saturated rings. The first-order valence-corrected chi connectivity index (χ1v) is 12.2. The Labute approximate surface area is 209 Å². The molecule has 36 heavy (non-hydrogen) atoms. The van der Waals surface area contributed by atoms with Crippen molar-refractivity contribution in [3.8, 4) is 11.1 Å². The second-order valence-corrected chi connectivity index (χ2v) is 8.97. The number of benzene rings is 6. The highest BCUT2D eigenvalue weighted by atomic mass is 16.3. The lowest BCUT2D eigenvalue weighted by atomic mass is 9.99. The van der Waals surface area contributed by atoms with Crippen molar-refractivity contribution in [2.75, 3.05) is 4.90 Å². The summed E-state index contributed by atoms with van der Waals surface area (Å²) in [5.74, 6) is 0. The number of fused-ring (bicyclic) bond motifs is 4. The molecule has 1 heterocycles. The summed E-state index contributed by atoms with van der Waals surface area (Å²) < 4.78 is 6.29. The number of anilines is 3. The normalized spacial score (nSPS) is 11.3. The molecule has 0 saturated heterocycles. The van der Waals surface area contributed by atoms with Gasteiger partial charge < -0.3 is 9.32 Å². The Morgan fingerprint density at radius 3 is 1.94 bits per heavy atom. The minimum Gasteiger partial charge on any atom is -0.456 e. The molecule has 6 aromatic carbocycles. The topological polar surface area (TPSA) is 16.4 Å². The Morgan fingerprint density at radius 1 is 0.417 bits per heavy atom. The SMILES string of the molecule is c1ccc(-c2ccccc2N(c2cccc3ccccc23)c2cccc3oc4ccccc4c23)cc1. The summed E-state index contributed by atoms with van der Waals surface area (Å²) in [5, 5.41) is 4.64. The maximum absolute atomic E-state index is 6.29. The fourth-order valence-corrected chi connectivity index (χ4v) is 5.27. The molecule has 0 amide bonds. The van der Waals surface area contributed by atoms with Gasteiger partial charge in [0, 0.05) is 16.3 Å². The Hall–Kier alpha value is -4.82. The molecule has 0 aliphatic heterocycles. The van der Waals surface area contributed by atoms with Crippen LogP contribution in [0.5, 0.6) is 0 Å². The summed E-state index contributed by atoms with van der Waals surface area (Å²) in [4.78, 5) is 2.40. The molecule has 2 nitrogen and oxygen atoms in total. The first-order valence-electron chi connectivity index (χ1n) is 12.2. The second-order valence-electron chi connectivity index (χ2n) is 8.97. The standard InChI is InChI=1S/C34H23NO/c1-2-12-24(13-3-1)26-17-6-8-19-29(26)35(30-20-10-15-25-14-4-5-16-27(25)30)31-21-11-23-33-34(31)28-18-7-9-22-32(28)36-33/h1-23H. The van der Waals surface area contributed by atoms with E-state index in [1.807, 2.05) is 12.1 Å². The van der Waals surface area contributed by atoms with Gasteiger partial charge in [-0.05, 0) is 41.3 Å². The zero-order valence-corrected chi connectivity index (χ0v) is 19.6. The van der Waals surface area contributed by atoms with Crippen LogP contribution in [0.15, 0.2) is 144 Å². The van der Waals surface area contributed by atoms with Crippen molar-refractivity contribution in [1.29, 1.82) is 0 Å². The van der Waals surface area contributed by atoms with Gasteiger partial charge >= 0.3 is 0 Å². The van der Waals surface area contributed by atoms with Crippen LogP contribution in [-0.4, -0.2) is 0 Å². The minimum atomic E-state index is 0.885. The van der Waals surface area contributed by atoms with E-state index in [1.165, 1.54) is 21.9 Å². The zero-order chi connectivity index (χ0) is 23.9. The number of nitrogens with zero attached hydrogens (tertiary/aromatic N) is 1. The van der Waals surface area contributed by atoms with Crippen LogP contribution in [0.2, 0.25) is 0 Å². The third-order valence-corrected chi connectivity index (χ3v) is 6.86. The fourth-order valence-electron chi connectivity index (χ4n) is 5.27. The molecule has 0 unspecified atom stereocenters. The highest BCUT2D eigenvalue weighted by molar-refractivity contribution is 6.15. The van der Waals surface area contributed by atoms with Gasteiger partial charge in [0.15, 0.2) is 0 Å². The van der Waals surface area contributed by atoms with Crippen molar-refractivity contribution < 1.29 is 4.42 Å². The number of para-hydroxylation sites is 2. The molecule has 0 aliphatic rings. The van der Waals surface area contributed by atoms with E-state index in [9.17, 15) is 0 Å². The summed E-state index contributed by atoms with van der Waals surface area (Å²) in [5.41, 5.74) is 7.49. The van der Waals surface area contributed by atoms with E-state index < -0.39 is 0 Å². The molecule has 0 atom stereocenters. The van der Waals surface area contributed by atoms with Gasteiger partial charge in [0.05, 0.1) is 22.4 Å². The monoisotopic (exact) mass is 461 g/mol. The van der Waals surface area contributed by atoms with E-state index in [1.54, 1.807) is 0 Å². The van der Waals surface area contributed by atoms with E-state index in [-0.39, 0.29) is 0 Å². The van der Waals surface area contributed by atoms with Crippen molar-refractivity contribution in [2.45, 2.75) is 0 Å². The van der Waals surface area contributed by atoms with Crippen LogP contribution in [0, 0.1) is 0 Å². The summed E-state index contributed by atoms with van der Waals surface area (Å²) in [6.07, 6.45) is 0. The van der Waals surface area contributed by atoms with E-state index in [2.05, 4.69) is 132 Å². The molecule has 0 bridgehead atoms. The molecule has 0 radical (unpaired) electrons. The Bertz CT molecular complexity index is 1840. The van der Waals surface area contributed by atoms with Gasteiger partial charge in [-0.25, -0.2) is 0 Å². The van der Waals surface area contributed by atoms with E-state index in [4.69, 9.17) is 4.42 Å². The Kier molecular flexibility index (Phi) is 4.82. The van der Waals surface area contributed by atoms with Crippen molar-refractivity contribution >= 4 is 49.8 Å². The minimum absolute atomic E-state index is 0.885. The van der Waals surface area contributed by atoms with Crippen LogP contribution < -0.4 is 4.90 Å². The largest absolute Gasteiger partial charge is 0.456 e. The van der Waals surface area contributed by atoms with Gasteiger partial charge in [-0.2, -0.15) is 0 Å². The highest BCUT2D eigenvalue weighted by Gasteiger charge is 2.22. The lowest BCUT2D eigenvalue weighted by Gasteiger charge is -2.29. The smallest absolute Gasteiger partial charge is 0.137 e. The lowest BCUT2D eigenvalue weighted by molar-refractivity contribution is 0.669. The van der Waals surface area contributed by atoms with Gasteiger partial charge in [0.2, 0.25) is 0 Å². The van der Waals surface area contributed by atoms with Crippen LogP contribution in [0.25, 0.3) is 43.8 Å². The van der Waals surface area contributed by atoms with Gasteiger partial charge in [0.1, 0.15) is 11.2 Å². The Balaban J connectivity index is 1.61. The van der Waals surface area contributed by atoms with Gasteiger partial charge in [0.25, 0.3) is 0 Å². The van der Waals surface area contributed by atoms with Crippen molar-refractivity contribution in [2.24, 2.45) is 0 Å². The Morgan fingerprint density at radius 2 is 1.03 bits per heavy atom. The molecule has 7 aromatic rings. The molecule has 7 rings (SSSR count). The van der Waals surface area contributed by atoms with Crippen LogP contribution in [-0.2, 0) is 0 Å². The molecule has 1 aromatic heterocycles. The first kappa shape index (κ1) is 20.5. The number of hydrogen-bond donors (Lipinski definition) is 0. The fraction of sp³-hybridized carbons (Fsp3) is 0. The summed E-state index contributed by atoms with van der Waals surface area (Å²) >= 11 is 0. The zero-order valence-electron chi connectivity index (χ0n) is 19.6. The van der Waals surface area contributed by atoms with Crippen molar-refractivity contribution in [3.05, 3.63) is 140 Å². The first-order chi connectivity index (χ1) is 17.9. The third-order valence-electron chi connectivity index (χ3n) is 6.86. The average Bonchev–Trinajstić information content (AvgIpc) is 3.34. The molecule has 0 spiro atoms. The third kappa shape index (κ3) is 3.27. The number of hydrogen-bond acceptors (Lipinski definition) is 2. The van der Waals surface area contributed by atoms with Gasteiger partial charge in [-0.1, -0.05) is 109 Å². The highest BCUT2D eigenvalue weighted by Crippen LogP contribution is 2.47. The van der Waals surface area contributed by atoms with Crippen LogP contribution >= 0.6 is 0 Å². The molecular formula is C34H23NO. The van der Waals surface area contributed by atoms with Gasteiger partial charge in [-0.3, -0.25) is 0 Å². The summed E-state index contributed by atoms with van der Waals surface area (Å²) in [7, 11) is 0. The second kappa shape index (κ2) is 8.44. The molecular weight excluding hydrogens is 438 g/mol. The number of furan rings is 1. The van der Waals surface area contributed by atoms with Crippen LogP contribution in [0.4, 0.5) is 17.1 Å². The molecule has 0 N–H and O–H groups in total. The molecule has 2 heteroatoms. The van der Waals surface area contributed by atoms with E-state index in [0.717, 1.165) is 39.0 Å². The maximum atomic E-state index is 6.29. The molecule has 170 valence electrons. The van der Waals surface area contributed by atoms with E-state index in [0.29, 0.717) is 0 Å². The van der Waals surface area contributed by atoms with Crippen LogP contribution in [0.1, 0.15) is 0 Å². The summed E-state index contributed by atoms with van der Waals surface area (Å²) in [6.45, 7) is 0. The van der Waals surface area contributed by atoms with E-state index >= 15 is 0 Å².